The van der Waals surface area contributed by atoms with Gasteiger partial charge in [0.25, 0.3) is 0 Å². The van der Waals surface area contributed by atoms with Crippen LogP contribution < -0.4 is 5.73 Å². The van der Waals surface area contributed by atoms with Crippen molar-refractivity contribution in [2.45, 2.75) is 39.8 Å². The van der Waals surface area contributed by atoms with Crippen molar-refractivity contribution in [2.75, 3.05) is 13.1 Å². The summed E-state index contributed by atoms with van der Waals surface area (Å²) in [5.74, 6) is 0. The van der Waals surface area contributed by atoms with E-state index in [0.717, 1.165) is 6.54 Å². The Bertz CT molecular complexity index is 600. The van der Waals surface area contributed by atoms with E-state index < -0.39 is 0 Å². The first-order valence-corrected chi connectivity index (χ1v) is 8.32. The highest BCUT2D eigenvalue weighted by Crippen LogP contribution is 2.34. The minimum absolute atomic E-state index is 0.451. The van der Waals surface area contributed by atoms with Crippen LogP contribution in [0.3, 0.4) is 0 Å². The van der Waals surface area contributed by atoms with Gasteiger partial charge in [0, 0.05) is 29.2 Å². The topological polar surface area (TPSA) is 29.3 Å². The molecule has 2 N–H and O–H groups in total. The number of rotatable bonds is 3. The molecule has 2 heterocycles. The maximum Gasteiger partial charge on any atom is 0.0349 e. The first-order chi connectivity index (χ1) is 9.59. The Morgan fingerprint density at radius 2 is 2.10 bits per heavy atom. The van der Waals surface area contributed by atoms with E-state index in [-0.39, 0.29) is 0 Å². The lowest BCUT2D eigenvalue weighted by Crippen LogP contribution is -2.39. The van der Waals surface area contributed by atoms with Crippen molar-refractivity contribution in [3.05, 3.63) is 34.7 Å². The second-order valence-corrected chi connectivity index (χ2v) is 7.82. The monoisotopic (exact) mass is 288 g/mol. The van der Waals surface area contributed by atoms with Gasteiger partial charge in [-0.1, -0.05) is 32.0 Å². The van der Waals surface area contributed by atoms with Crippen molar-refractivity contribution >= 4 is 21.4 Å². The Morgan fingerprint density at radius 3 is 2.85 bits per heavy atom. The molecular weight excluding hydrogens is 264 g/mol. The molecule has 3 heteroatoms. The molecule has 2 nitrogen and oxygen atoms in total. The summed E-state index contributed by atoms with van der Waals surface area (Å²) >= 11 is 1.86. The van der Waals surface area contributed by atoms with Gasteiger partial charge >= 0.3 is 0 Å². The molecule has 0 atom stereocenters. The largest absolute Gasteiger partial charge is 0.326 e. The van der Waals surface area contributed by atoms with Gasteiger partial charge in [0.05, 0.1) is 0 Å². The second-order valence-electron chi connectivity index (χ2n) is 6.68. The molecule has 0 saturated carbocycles. The molecule has 0 amide bonds. The molecule has 20 heavy (non-hydrogen) atoms. The van der Waals surface area contributed by atoms with Crippen LogP contribution in [-0.2, 0) is 13.1 Å². The number of piperidine rings is 1. The average Bonchev–Trinajstić information content (AvgIpc) is 2.76. The summed E-state index contributed by atoms with van der Waals surface area (Å²) in [6, 6.07) is 8.71. The van der Waals surface area contributed by atoms with Crippen molar-refractivity contribution in [1.82, 2.24) is 4.90 Å². The fraction of sp³-hybridized carbons (Fsp3) is 0.529. The minimum Gasteiger partial charge on any atom is -0.326 e. The highest BCUT2D eigenvalue weighted by atomic mass is 32.1. The van der Waals surface area contributed by atoms with E-state index in [2.05, 4.69) is 43.0 Å². The first-order valence-electron chi connectivity index (χ1n) is 7.51. The third kappa shape index (κ3) is 2.76. The van der Waals surface area contributed by atoms with Crippen LogP contribution >= 0.6 is 11.3 Å². The van der Waals surface area contributed by atoms with Gasteiger partial charge in [-0.2, -0.15) is 0 Å². The van der Waals surface area contributed by atoms with Gasteiger partial charge in [-0.25, -0.2) is 0 Å². The van der Waals surface area contributed by atoms with E-state index in [1.54, 1.807) is 0 Å². The number of hydrogen-bond acceptors (Lipinski definition) is 3. The predicted molar refractivity (Wildman–Crippen MR) is 88.0 cm³/mol. The van der Waals surface area contributed by atoms with Crippen LogP contribution in [0, 0.1) is 5.41 Å². The van der Waals surface area contributed by atoms with Crippen LogP contribution in [-0.4, -0.2) is 18.0 Å². The standard InChI is InChI=1S/C17H24N2S/c1-17(2)8-5-9-19(12-17)11-14-13-6-3-4-7-15(13)20-16(14)10-18/h3-4,6-7H,5,8-12,18H2,1-2H3. The molecule has 0 unspecified atom stereocenters. The summed E-state index contributed by atoms with van der Waals surface area (Å²) in [7, 11) is 0. The molecule has 1 aromatic carbocycles. The van der Waals surface area contributed by atoms with Crippen LogP contribution in [0.1, 0.15) is 37.1 Å². The van der Waals surface area contributed by atoms with Crippen LogP contribution in [0.2, 0.25) is 0 Å². The molecule has 1 aromatic heterocycles. The summed E-state index contributed by atoms with van der Waals surface area (Å²) in [6.07, 6.45) is 2.66. The van der Waals surface area contributed by atoms with Crippen molar-refractivity contribution in [2.24, 2.45) is 11.1 Å². The highest BCUT2D eigenvalue weighted by Gasteiger charge is 2.27. The zero-order chi connectivity index (χ0) is 14.2. The molecule has 0 radical (unpaired) electrons. The van der Waals surface area contributed by atoms with E-state index >= 15 is 0 Å². The lowest BCUT2D eigenvalue weighted by molar-refractivity contribution is 0.112. The zero-order valence-electron chi connectivity index (χ0n) is 12.5. The normalized spacial score (nSPS) is 19.6. The summed E-state index contributed by atoms with van der Waals surface area (Å²) in [5, 5.41) is 1.40. The lowest BCUT2D eigenvalue weighted by Gasteiger charge is -2.38. The molecule has 108 valence electrons. The van der Waals surface area contributed by atoms with E-state index in [1.807, 2.05) is 11.3 Å². The van der Waals surface area contributed by atoms with Crippen molar-refractivity contribution in [1.29, 1.82) is 0 Å². The molecule has 1 aliphatic heterocycles. The molecule has 1 fully saturated rings. The van der Waals surface area contributed by atoms with Crippen molar-refractivity contribution in [3.8, 4) is 0 Å². The lowest BCUT2D eigenvalue weighted by atomic mass is 9.84. The van der Waals surface area contributed by atoms with Crippen molar-refractivity contribution < 1.29 is 0 Å². The number of nitrogens with zero attached hydrogens (tertiary/aromatic N) is 1. The van der Waals surface area contributed by atoms with Gasteiger partial charge in [0.1, 0.15) is 0 Å². The SMILES string of the molecule is CC1(C)CCCN(Cc2c(CN)sc3ccccc23)C1. The summed E-state index contributed by atoms with van der Waals surface area (Å²) in [5.41, 5.74) is 7.88. The van der Waals surface area contributed by atoms with E-state index in [1.165, 1.54) is 46.5 Å². The predicted octanol–water partition coefficient (Wildman–Crippen LogP) is 3.98. The average molecular weight is 288 g/mol. The quantitative estimate of drug-likeness (QED) is 0.925. The molecule has 0 spiro atoms. The molecule has 0 aliphatic carbocycles. The second kappa shape index (κ2) is 5.47. The maximum absolute atomic E-state index is 5.96. The number of fused-ring (bicyclic) bond motifs is 1. The molecule has 1 aliphatic rings. The maximum atomic E-state index is 5.96. The fourth-order valence-corrected chi connectivity index (χ4v) is 4.49. The Labute approximate surface area is 125 Å². The van der Waals surface area contributed by atoms with Crippen molar-refractivity contribution in [3.63, 3.8) is 0 Å². The number of likely N-dealkylation sites (tertiary alicyclic amines) is 1. The summed E-state index contributed by atoms with van der Waals surface area (Å²) in [4.78, 5) is 3.96. The first kappa shape index (κ1) is 14.1. The smallest absolute Gasteiger partial charge is 0.0349 e. The van der Waals surface area contributed by atoms with Crippen LogP contribution in [0.5, 0.6) is 0 Å². The summed E-state index contributed by atoms with van der Waals surface area (Å²) < 4.78 is 1.37. The minimum atomic E-state index is 0.451. The van der Waals surface area contributed by atoms with E-state index in [9.17, 15) is 0 Å². The van der Waals surface area contributed by atoms with Gasteiger partial charge in [0.15, 0.2) is 0 Å². The van der Waals surface area contributed by atoms with Gasteiger partial charge < -0.3 is 5.73 Å². The molecule has 0 bridgehead atoms. The molecular formula is C17H24N2S. The fourth-order valence-electron chi connectivity index (χ4n) is 3.39. The Hall–Kier alpha value is -0.900. The van der Waals surface area contributed by atoms with Crippen LogP contribution in [0.15, 0.2) is 24.3 Å². The Kier molecular flexibility index (Phi) is 3.85. The molecule has 1 saturated heterocycles. The Balaban J connectivity index is 1.90. The van der Waals surface area contributed by atoms with E-state index in [4.69, 9.17) is 5.73 Å². The van der Waals surface area contributed by atoms with Gasteiger partial charge in [-0.05, 0) is 41.8 Å². The number of thiophene rings is 1. The van der Waals surface area contributed by atoms with Crippen LogP contribution in [0.4, 0.5) is 0 Å². The number of hydrogen-bond donors (Lipinski definition) is 1. The zero-order valence-corrected chi connectivity index (χ0v) is 13.3. The third-order valence-electron chi connectivity index (χ3n) is 4.33. The van der Waals surface area contributed by atoms with Gasteiger partial charge in [-0.3, -0.25) is 4.90 Å². The Morgan fingerprint density at radius 1 is 1.30 bits per heavy atom. The van der Waals surface area contributed by atoms with E-state index in [0.29, 0.717) is 12.0 Å². The number of benzene rings is 1. The highest BCUT2D eigenvalue weighted by molar-refractivity contribution is 7.19. The third-order valence-corrected chi connectivity index (χ3v) is 5.56. The summed E-state index contributed by atoms with van der Waals surface area (Å²) in [6.45, 7) is 8.90. The van der Waals surface area contributed by atoms with Gasteiger partial charge in [0.2, 0.25) is 0 Å². The molecule has 2 aromatic rings. The number of nitrogens with two attached hydrogens (primary N) is 1. The van der Waals surface area contributed by atoms with Crippen LogP contribution in [0.25, 0.3) is 10.1 Å². The molecule has 3 rings (SSSR count). The van der Waals surface area contributed by atoms with Gasteiger partial charge in [-0.15, -0.1) is 11.3 Å².